The van der Waals surface area contributed by atoms with Gasteiger partial charge >= 0.3 is 6.18 Å². The Kier molecular flexibility index (Phi) is 3.56. The topological polar surface area (TPSA) is 64.9 Å². The van der Waals surface area contributed by atoms with Crippen LogP contribution < -0.4 is 5.73 Å². The van der Waals surface area contributed by atoms with Crippen LogP contribution in [0.15, 0.2) is 28.8 Å². The highest BCUT2D eigenvalue weighted by Gasteiger charge is 2.53. The average molecular weight is 285 g/mol. The Labute approximate surface area is 113 Å². The van der Waals surface area contributed by atoms with E-state index in [9.17, 15) is 13.2 Å². The van der Waals surface area contributed by atoms with Crippen molar-refractivity contribution < 1.29 is 17.7 Å². The summed E-state index contributed by atoms with van der Waals surface area (Å²) in [6.45, 7) is 2.72. The van der Waals surface area contributed by atoms with Crippen LogP contribution in [-0.2, 0) is 12.0 Å². The van der Waals surface area contributed by atoms with Crippen LogP contribution in [-0.4, -0.2) is 16.3 Å². The summed E-state index contributed by atoms with van der Waals surface area (Å²) in [5, 5.41) is 3.55. The minimum Gasteiger partial charge on any atom is -0.337 e. The lowest BCUT2D eigenvalue weighted by molar-refractivity contribution is -0.190. The number of halogens is 3. The summed E-state index contributed by atoms with van der Waals surface area (Å²) < 4.78 is 42.9. The van der Waals surface area contributed by atoms with E-state index in [0.717, 1.165) is 18.1 Å². The van der Waals surface area contributed by atoms with Crippen molar-refractivity contribution in [2.24, 2.45) is 5.73 Å². The average Bonchev–Trinajstić information content (AvgIpc) is 2.76. The zero-order chi connectivity index (χ0) is 15.0. The molecule has 20 heavy (non-hydrogen) atoms. The lowest BCUT2D eigenvalue weighted by atomic mass is 10.0. The van der Waals surface area contributed by atoms with Gasteiger partial charge in [-0.15, -0.1) is 0 Å². The van der Waals surface area contributed by atoms with Crippen LogP contribution in [0.25, 0.3) is 0 Å². The van der Waals surface area contributed by atoms with Crippen LogP contribution in [0.5, 0.6) is 0 Å². The number of nitrogens with two attached hydrogens (primary N) is 1. The lowest BCUT2D eigenvalue weighted by Gasteiger charge is -2.22. The third-order valence-electron chi connectivity index (χ3n) is 2.95. The predicted molar refractivity (Wildman–Crippen MR) is 65.9 cm³/mol. The fourth-order valence-electron chi connectivity index (χ4n) is 1.66. The first-order valence-electron chi connectivity index (χ1n) is 5.94. The maximum absolute atomic E-state index is 12.8. The molecule has 0 fully saturated rings. The zero-order valence-electron chi connectivity index (χ0n) is 11.0. The second-order valence-corrected chi connectivity index (χ2v) is 4.88. The number of rotatable bonds is 3. The Hall–Kier alpha value is -1.89. The van der Waals surface area contributed by atoms with Crippen molar-refractivity contribution in [1.82, 2.24) is 10.1 Å². The van der Waals surface area contributed by atoms with Crippen LogP contribution in [0, 0.1) is 6.92 Å². The van der Waals surface area contributed by atoms with Crippen LogP contribution in [0.2, 0.25) is 0 Å². The molecule has 0 spiro atoms. The van der Waals surface area contributed by atoms with Gasteiger partial charge in [0.2, 0.25) is 0 Å². The number of aromatic nitrogens is 2. The molecule has 7 heteroatoms. The van der Waals surface area contributed by atoms with Crippen molar-refractivity contribution in [3.8, 4) is 0 Å². The number of aryl methyl sites for hydroxylation is 1. The van der Waals surface area contributed by atoms with Crippen LogP contribution in [0.4, 0.5) is 13.2 Å². The van der Waals surface area contributed by atoms with Crippen molar-refractivity contribution in [2.75, 3.05) is 0 Å². The summed E-state index contributed by atoms with van der Waals surface area (Å²) in [5.74, 6) is -0.459. The first-order chi connectivity index (χ1) is 9.20. The molecule has 2 rings (SSSR count). The van der Waals surface area contributed by atoms with E-state index >= 15 is 0 Å². The van der Waals surface area contributed by atoms with E-state index in [1.54, 1.807) is 0 Å². The van der Waals surface area contributed by atoms with E-state index in [-0.39, 0.29) is 5.82 Å². The third-order valence-corrected chi connectivity index (χ3v) is 2.95. The molecule has 1 aromatic heterocycles. The van der Waals surface area contributed by atoms with Crippen molar-refractivity contribution >= 4 is 0 Å². The second-order valence-electron chi connectivity index (χ2n) is 4.88. The van der Waals surface area contributed by atoms with Gasteiger partial charge < -0.3 is 10.3 Å². The van der Waals surface area contributed by atoms with E-state index in [1.165, 1.54) is 0 Å². The monoisotopic (exact) mass is 285 g/mol. The lowest BCUT2D eigenvalue weighted by Crippen LogP contribution is -2.48. The highest BCUT2D eigenvalue weighted by molar-refractivity contribution is 5.24. The standard InChI is InChI=1S/C13H14F3N3O/c1-8-4-3-5-9(6-8)7-10-18-11(20-19-10)12(2,17)13(14,15)16/h3-6H,7,17H2,1-2H3. The Bertz CT molecular complexity index is 605. The molecular formula is C13H14F3N3O. The minimum atomic E-state index is -4.65. The maximum atomic E-state index is 12.8. The van der Waals surface area contributed by atoms with E-state index in [0.29, 0.717) is 6.42 Å². The molecule has 1 heterocycles. The van der Waals surface area contributed by atoms with Crippen molar-refractivity contribution in [3.05, 3.63) is 47.1 Å². The molecule has 0 aliphatic rings. The molecule has 0 radical (unpaired) electrons. The highest BCUT2D eigenvalue weighted by Crippen LogP contribution is 2.35. The van der Waals surface area contributed by atoms with Gasteiger partial charge in [0.15, 0.2) is 11.4 Å². The number of nitrogens with zero attached hydrogens (tertiary/aromatic N) is 2. The molecule has 1 unspecified atom stereocenters. The van der Waals surface area contributed by atoms with Crippen molar-refractivity contribution in [3.63, 3.8) is 0 Å². The molecule has 0 aliphatic heterocycles. The summed E-state index contributed by atoms with van der Waals surface area (Å²) in [7, 11) is 0. The van der Waals surface area contributed by atoms with Gasteiger partial charge in [-0.05, 0) is 19.4 Å². The van der Waals surface area contributed by atoms with Gasteiger partial charge in [0.05, 0.1) is 0 Å². The number of hydrogen-bond acceptors (Lipinski definition) is 4. The summed E-state index contributed by atoms with van der Waals surface area (Å²) in [6.07, 6.45) is -4.36. The number of alkyl halides is 3. The highest BCUT2D eigenvalue weighted by atomic mass is 19.4. The van der Waals surface area contributed by atoms with E-state index in [2.05, 4.69) is 14.7 Å². The van der Waals surface area contributed by atoms with E-state index in [1.807, 2.05) is 31.2 Å². The largest absolute Gasteiger partial charge is 0.415 e. The zero-order valence-corrected chi connectivity index (χ0v) is 11.0. The van der Waals surface area contributed by atoms with Gasteiger partial charge in [0.25, 0.3) is 5.89 Å². The normalized spacial score (nSPS) is 15.1. The van der Waals surface area contributed by atoms with Gasteiger partial charge in [0.1, 0.15) is 0 Å². The number of benzene rings is 1. The van der Waals surface area contributed by atoms with Gasteiger partial charge in [0, 0.05) is 6.42 Å². The van der Waals surface area contributed by atoms with Crippen LogP contribution >= 0.6 is 0 Å². The molecule has 0 amide bonds. The Morgan fingerprint density at radius 2 is 2.00 bits per heavy atom. The smallest absolute Gasteiger partial charge is 0.337 e. The number of hydrogen-bond donors (Lipinski definition) is 1. The summed E-state index contributed by atoms with van der Waals surface area (Å²) in [6, 6.07) is 7.52. The third kappa shape index (κ3) is 2.82. The Morgan fingerprint density at radius 3 is 2.60 bits per heavy atom. The second kappa shape index (κ2) is 4.90. The van der Waals surface area contributed by atoms with Gasteiger partial charge in [-0.1, -0.05) is 35.0 Å². The SMILES string of the molecule is Cc1cccc(Cc2noc(C(C)(N)C(F)(F)F)n2)c1. The first kappa shape index (κ1) is 14.5. The Balaban J connectivity index is 2.22. The molecule has 4 nitrogen and oxygen atoms in total. The van der Waals surface area contributed by atoms with Crippen molar-refractivity contribution in [1.29, 1.82) is 0 Å². The van der Waals surface area contributed by atoms with E-state index < -0.39 is 17.6 Å². The first-order valence-corrected chi connectivity index (χ1v) is 5.94. The molecule has 2 N–H and O–H groups in total. The molecule has 0 aliphatic carbocycles. The maximum Gasteiger partial charge on any atom is 0.415 e. The Morgan fingerprint density at radius 1 is 1.30 bits per heavy atom. The molecule has 1 atom stereocenters. The van der Waals surface area contributed by atoms with Gasteiger partial charge in [-0.3, -0.25) is 0 Å². The quantitative estimate of drug-likeness (QED) is 0.941. The van der Waals surface area contributed by atoms with Gasteiger partial charge in [-0.2, -0.15) is 18.2 Å². The van der Waals surface area contributed by atoms with Crippen molar-refractivity contribution in [2.45, 2.75) is 32.0 Å². The molecule has 0 saturated carbocycles. The molecule has 108 valence electrons. The minimum absolute atomic E-state index is 0.173. The molecule has 2 aromatic rings. The predicted octanol–water partition coefficient (Wildman–Crippen LogP) is 2.71. The summed E-state index contributed by atoms with van der Waals surface area (Å²) >= 11 is 0. The fourth-order valence-corrected chi connectivity index (χ4v) is 1.66. The molecule has 0 saturated heterocycles. The molecule has 1 aromatic carbocycles. The summed E-state index contributed by atoms with van der Waals surface area (Å²) in [5.41, 5.74) is 4.51. The van der Waals surface area contributed by atoms with Gasteiger partial charge in [-0.25, -0.2) is 0 Å². The van der Waals surface area contributed by atoms with E-state index in [4.69, 9.17) is 5.73 Å². The van der Waals surface area contributed by atoms with Crippen LogP contribution in [0.3, 0.4) is 0 Å². The molecular weight excluding hydrogens is 271 g/mol. The fraction of sp³-hybridized carbons (Fsp3) is 0.385. The summed E-state index contributed by atoms with van der Waals surface area (Å²) in [4.78, 5) is 3.75. The molecule has 0 bridgehead atoms. The van der Waals surface area contributed by atoms with Crippen LogP contribution in [0.1, 0.15) is 29.8 Å².